The minimum Gasteiger partial charge on any atom is -0.365 e. The summed E-state index contributed by atoms with van der Waals surface area (Å²) in [4.78, 5) is 8.62. The molecule has 4 heteroatoms. The topological polar surface area (TPSA) is 9.72 Å². The minimum atomic E-state index is -0.252. The molecule has 119 heavy (non-hydrogen) atoms. The van der Waals surface area contributed by atoms with E-state index >= 15 is 0 Å². The zero-order chi connectivity index (χ0) is 77.7. The second-order valence-corrected chi connectivity index (χ2v) is 34.4. The average Bonchev–Trinajstić information content (AvgIpc) is 0.682. The van der Waals surface area contributed by atoms with Gasteiger partial charge in [-0.25, -0.2) is 0 Å². The maximum absolute atomic E-state index is 2.98. The van der Waals surface area contributed by atoms with Crippen LogP contribution in [0.3, 0.4) is 0 Å². The first-order valence-corrected chi connectivity index (χ1v) is 42.7. The van der Waals surface area contributed by atoms with Gasteiger partial charge in [-0.2, -0.15) is 0 Å². The maximum atomic E-state index is 2.98. The standard InChI is InChI=1S/C115H78BN3/c1-7-25-72(26-8-1)82-62-99(74-29-11-3-12-30-74)114(100(63-82)75-31-13-4-14-32-75)118-105-66-80(87-51-53-97-93-43-21-39-78-37-19-41-91(109(78)93)95-47-23-45-89(87)111(95)97)49-55-103(105)116-104-56-50-81(88-52-54-98-94-44-22-40-79-38-20-42-92(110(79)94)96-48-24-46-90(88)112(96)98)67-106(104)119(108-69-86(68-107(118)113(108)116)117-84-58-70-57-71(60-84)61-85(117)59-70)115-101(76-33-15-5-16-34-76)64-83(73-27-9-2-10-28-73)65-102(115)77-35-17-6-18-36-77/h1-56,62-71,84-85H,57-61H2. The van der Waals surface area contributed by atoms with Crippen molar-refractivity contribution in [2.45, 2.75) is 44.2 Å². The molecule has 0 atom stereocenters. The summed E-state index contributed by atoms with van der Waals surface area (Å²) in [6.45, 7) is -0.252. The molecule has 0 spiro atoms. The van der Waals surface area contributed by atoms with Crippen LogP contribution in [0.15, 0.2) is 388 Å². The van der Waals surface area contributed by atoms with Crippen molar-refractivity contribution in [2.75, 3.05) is 14.7 Å². The van der Waals surface area contributed by atoms with Gasteiger partial charge in [0.15, 0.2) is 0 Å². The van der Waals surface area contributed by atoms with E-state index in [1.807, 2.05) is 0 Å². The van der Waals surface area contributed by atoms with E-state index in [4.69, 9.17) is 0 Å². The van der Waals surface area contributed by atoms with Crippen LogP contribution in [0.25, 0.3) is 175 Å². The fourth-order valence-corrected chi connectivity index (χ4v) is 23.4. The smallest absolute Gasteiger partial charge is 0.252 e. The number of benzene rings is 21. The normalized spacial score (nSPS) is 16.5. The number of piperidine rings is 2. The number of rotatable bonds is 11. The van der Waals surface area contributed by atoms with Crippen molar-refractivity contribution in [1.82, 2.24) is 0 Å². The Morgan fingerprint density at radius 3 is 0.874 bits per heavy atom. The molecule has 4 heterocycles. The van der Waals surface area contributed by atoms with Gasteiger partial charge in [0.2, 0.25) is 0 Å². The van der Waals surface area contributed by atoms with Gasteiger partial charge in [0, 0.05) is 62.8 Å². The molecule has 0 amide bonds. The summed E-state index contributed by atoms with van der Waals surface area (Å²) >= 11 is 0. The summed E-state index contributed by atoms with van der Waals surface area (Å²) in [6.07, 6.45) is 6.22. The first-order chi connectivity index (χ1) is 59.0. The van der Waals surface area contributed by atoms with E-state index in [0.29, 0.717) is 12.1 Å². The molecule has 556 valence electrons. The molecule has 2 aliphatic carbocycles. The van der Waals surface area contributed by atoms with Gasteiger partial charge in [-0.1, -0.05) is 340 Å². The van der Waals surface area contributed by atoms with Gasteiger partial charge < -0.3 is 14.7 Å². The molecule has 2 saturated carbocycles. The van der Waals surface area contributed by atoms with Crippen LogP contribution < -0.4 is 31.1 Å². The molecule has 21 aromatic carbocycles. The van der Waals surface area contributed by atoms with Crippen LogP contribution in [0, 0.1) is 11.8 Å². The molecule has 4 fully saturated rings. The van der Waals surface area contributed by atoms with Crippen molar-refractivity contribution in [3.8, 4) is 89.0 Å². The Labute approximate surface area is 692 Å². The highest BCUT2D eigenvalue weighted by atomic mass is 15.2. The molecule has 2 saturated heterocycles. The maximum Gasteiger partial charge on any atom is 0.252 e. The van der Waals surface area contributed by atoms with Crippen LogP contribution in [0.4, 0.5) is 39.8 Å². The minimum absolute atomic E-state index is 0.252. The van der Waals surface area contributed by atoms with Crippen LogP contribution in [0.2, 0.25) is 0 Å². The Hall–Kier alpha value is -14.3. The van der Waals surface area contributed by atoms with Gasteiger partial charge in [-0.3, -0.25) is 0 Å². The lowest BCUT2D eigenvalue weighted by molar-refractivity contribution is 0.0900. The lowest BCUT2D eigenvalue weighted by atomic mass is 9.33. The van der Waals surface area contributed by atoms with Crippen LogP contribution in [0.5, 0.6) is 0 Å². The van der Waals surface area contributed by atoms with Crippen molar-refractivity contribution in [3.63, 3.8) is 0 Å². The van der Waals surface area contributed by atoms with E-state index in [1.165, 1.54) is 208 Å². The Morgan fingerprint density at radius 2 is 0.521 bits per heavy atom. The quantitative estimate of drug-likeness (QED) is 0.0726. The number of nitrogens with zero attached hydrogens (tertiary/aromatic N) is 3. The van der Waals surface area contributed by atoms with E-state index in [0.717, 1.165) is 67.7 Å². The number of hydrogen-bond donors (Lipinski definition) is 0. The molecule has 4 aliphatic heterocycles. The molecule has 0 aromatic heterocycles. The van der Waals surface area contributed by atoms with Crippen molar-refractivity contribution >= 4 is 149 Å². The number of fused-ring (bicyclic) bond motifs is 8. The van der Waals surface area contributed by atoms with Gasteiger partial charge in [0.1, 0.15) is 0 Å². The Morgan fingerprint density at radius 1 is 0.210 bits per heavy atom. The summed E-state index contributed by atoms with van der Waals surface area (Å²) in [5, 5.41) is 20.6. The Bertz CT molecular complexity index is 7050. The van der Waals surface area contributed by atoms with Gasteiger partial charge in [-0.05, 0) is 262 Å². The lowest BCUT2D eigenvalue weighted by Crippen LogP contribution is -2.62. The molecule has 21 aromatic rings. The zero-order valence-corrected chi connectivity index (χ0v) is 65.7. The van der Waals surface area contributed by atoms with Crippen LogP contribution >= 0.6 is 0 Å². The first-order valence-electron chi connectivity index (χ1n) is 42.7. The van der Waals surface area contributed by atoms with Crippen molar-refractivity contribution in [2.24, 2.45) is 11.8 Å². The summed E-state index contributed by atoms with van der Waals surface area (Å²) in [5.41, 5.74) is 30.9. The van der Waals surface area contributed by atoms with Crippen molar-refractivity contribution < 1.29 is 0 Å². The van der Waals surface area contributed by atoms with Crippen LogP contribution in [-0.4, -0.2) is 18.8 Å². The van der Waals surface area contributed by atoms with Crippen molar-refractivity contribution in [1.29, 1.82) is 0 Å². The molecule has 0 radical (unpaired) electrons. The van der Waals surface area contributed by atoms with E-state index in [9.17, 15) is 0 Å². The highest BCUT2D eigenvalue weighted by Gasteiger charge is 2.50. The molecule has 4 bridgehead atoms. The Kier molecular flexibility index (Phi) is 14.7. The van der Waals surface area contributed by atoms with E-state index in [1.54, 1.807) is 0 Å². The summed E-state index contributed by atoms with van der Waals surface area (Å²) in [7, 11) is 0. The second-order valence-electron chi connectivity index (χ2n) is 34.4. The number of hydrogen-bond acceptors (Lipinski definition) is 3. The molecule has 0 N–H and O–H groups in total. The summed E-state index contributed by atoms with van der Waals surface area (Å²) in [6, 6.07) is 151. The third-order valence-corrected chi connectivity index (χ3v) is 28.1. The van der Waals surface area contributed by atoms with Gasteiger partial charge in [0.25, 0.3) is 6.71 Å². The van der Waals surface area contributed by atoms with Gasteiger partial charge >= 0.3 is 0 Å². The zero-order valence-electron chi connectivity index (χ0n) is 65.7. The molecule has 6 aliphatic rings. The van der Waals surface area contributed by atoms with Gasteiger partial charge in [-0.15, -0.1) is 0 Å². The van der Waals surface area contributed by atoms with Crippen LogP contribution in [-0.2, 0) is 0 Å². The third-order valence-electron chi connectivity index (χ3n) is 28.1. The average molecular weight is 1510 g/mol. The van der Waals surface area contributed by atoms with E-state index in [-0.39, 0.29) is 6.71 Å². The highest BCUT2D eigenvalue weighted by molar-refractivity contribution is 7.00. The van der Waals surface area contributed by atoms with E-state index < -0.39 is 0 Å². The summed E-state index contributed by atoms with van der Waals surface area (Å²) in [5.74, 6) is 1.48. The third kappa shape index (κ3) is 10.1. The van der Waals surface area contributed by atoms with Gasteiger partial charge in [0.05, 0.1) is 11.4 Å². The second kappa shape index (κ2) is 26.1. The number of anilines is 7. The highest BCUT2D eigenvalue weighted by Crippen LogP contribution is 2.59. The predicted molar refractivity (Wildman–Crippen MR) is 506 cm³/mol. The fraction of sp³-hybridized carbons (Fsp3) is 0.0783. The largest absolute Gasteiger partial charge is 0.365 e. The van der Waals surface area contributed by atoms with Crippen molar-refractivity contribution in [3.05, 3.63) is 388 Å². The van der Waals surface area contributed by atoms with E-state index in [2.05, 4.69) is 403 Å². The fourth-order valence-electron chi connectivity index (χ4n) is 23.4. The molecule has 27 rings (SSSR count). The lowest BCUT2D eigenvalue weighted by Gasteiger charge is -2.58. The van der Waals surface area contributed by atoms with Crippen LogP contribution in [0.1, 0.15) is 32.1 Å². The summed E-state index contributed by atoms with van der Waals surface area (Å²) < 4.78 is 0. The SMILES string of the molecule is c1ccc(-c2cc(-c3ccccc3)c(N3c4cc(-c5ccc6c7cccc8cccc(c9cccc5c96)c87)ccc4B4c5ccc(-c6ccc7c8cccc9cccc(c%10cccc6c%107)c98)cc5N(c5c(-c6ccccc6)cc(-c6ccccc6)cc5-c5ccccc5)c5cc(N6C7CC8CC(C7)CC6C8)cc3c54)c(-c3ccccc3)c2)cc1. The monoisotopic (exact) mass is 1510 g/mol. The predicted octanol–water partition coefficient (Wildman–Crippen LogP) is 29.0. The molecular weight excluding hydrogens is 1430 g/mol. The Balaban J connectivity index is 0.824. The first kappa shape index (κ1) is 66.9. The molecular formula is C115H78BN3. The molecule has 0 unspecified atom stereocenters. The molecule has 3 nitrogen and oxygen atoms in total.